The lowest BCUT2D eigenvalue weighted by Crippen LogP contribution is -2.07. The second-order valence-electron chi connectivity index (χ2n) is 2.01. The van der Waals surface area contributed by atoms with Crippen LogP contribution in [0.1, 0.15) is 6.92 Å². The van der Waals surface area contributed by atoms with E-state index in [2.05, 4.69) is 21.8 Å². The minimum absolute atomic E-state index is 0.00676. The highest BCUT2D eigenvalue weighted by molar-refractivity contribution is 7.80. The summed E-state index contributed by atoms with van der Waals surface area (Å²) >= 11 is 3.80. The monoisotopic (exact) mass is 186 g/mol. The highest BCUT2D eigenvalue weighted by Gasteiger charge is 2.06. The average molecular weight is 186 g/mol. The average Bonchev–Trinajstić information content (AvgIpc) is 1.98. The van der Waals surface area contributed by atoms with Gasteiger partial charge in [-0.3, -0.25) is 4.79 Å². The van der Waals surface area contributed by atoms with Crippen molar-refractivity contribution in [3.05, 3.63) is 22.7 Å². The summed E-state index contributed by atoms with van der Waals surface area (Å²) in [5, 5.41) is 0. The number of carbonyl (C=O) groups excluding carboxylic acids is 1. The molecule has 1 aromatic heterocycles. The van der Waals surface area contributed by atoms with E-state index in [1.807, 2.05) is 0 Å². The molecule has 0 aliphatic carbocycles. The summed E-state index contributed by atoms with van der Waals surface area (Å²) in [7, 11) is 0. The van der Waals surface area contributed by atoms with Gasteiger partial charge in [0.15, 0.2) is 5.75 Å². The summed E-state index contributed by atoms with van der Waals surface area (Å²) < 4.78 is 9.11. The fourth-order valence-electron chi connectivity index (χ4n) is 0.630. The standard InChI is InChI=1S/C7H6O4S/c1-4(8)11-5-2-3-10-7(9)6(5)12/h2-3,12H,1H3. The molecule has 12 heavy (non-hydrogen) atoms. The second kappa shape index (κ2) is 3.44. The molecule has 1 rings (SSSR count). The van der Waals surface area contributed by atoms with Crippen molar-refractivity contribution in [3.8, 4) is 5.75 Å². The van der Waals surface area contributed by atoms with Crippen LogP contribution in [0.5, 0.6) is 5.75 Å². The minimum Gasteiger partial charge on any atom is -0.430 e. The summed E-state index contributed by atoms with van der Waals surface area (Å²) in [6.07, 6.45) is 1.14. The van der Waals surface area contributed by atoms with Gasteiger partial charge in [0.25, 0.3) is 0 Å². The van der Waals surface area contributed by atoms with Crippen molar-refractivity contribution in [2.45, 2.75) is 11.8 Å². The van der Waals surface area contributed by atoms with Crippen LogP contribution in [0.4, 0.5) is 0 Å². The molecule has 0 radical (unpaired) electrons. The maximum absolute atomic E-state index is 10.8. The van der Waals surface area contributed by atoms with Gasteiger partial charge in [0.2, 0.25) is 0 Å². The first-order valence-corrected chi connectivity index (χ1v) is 3.55. The minimum atomic E-state index is -0.628. The van der Waals surface area contributed by atoms with Gasteiger partial charge in [-0.2, -0.15) is 0 Å². The molecule has 1 heterocycles. The molecule has 0 aliphatic rings. The van der Waals surface area contributed by atoms with Crippen LogP contribution >= 0.6 is 12.6 Å². The summed E-state index contributed by atoms with van der Waals surface area (Å²) in [6.45, 7) is 1.24. The van der Waals surface area contributed by atoms with Gasteiger partial charge in [-0.1, -0.05) is 0 Å². The molecular weight excluding hydrogens is 180 g/mol. The summed E-state index contributed by atoms with van der Waals surface area (Å²) in [6, 6.07) is 1.35. The van der Waals surface area contributed by atoms with E-state index >= 15 is 0 Å². The van der Waals surface area contributed by atoms with Gasteiger partial charge < -0.3 is 9.15 Å². The van der Waals surface area contributed by atoms with Crippen LogP contribution in [0.15, 0.2) is 26.4 Å². The van der Waals surface area contributed by atoms with Gasteiger partial charge in [-0.15, -0.1) is 12.6 Å². The lowest BCUT2D eigenvalue weighted by molar-refractivity contribution is -0.132. The molecule has 0 unspecified atom stereocenters. The predicted molar refractivity (Wildman–Crippen MR) is 43.5 cm³/mol. The molecule has 0 aliphatic heterocycles. The highest BCUT2D eigenvalue weighted by atomic mass is 32.1. The lowest BCUT2D eigenvalue weighted by Gasteiger charge is -2.00. The van der Waals surface area contributed by atoms with Gasteiger partial charge in [0.05, 0.1) is 6.26 Å². The second-order valence-corrected chi connectivity index (χ2v) is 2.46. The van der Waals surface area contributed by atoms with Crippen LogP contribution in [0.25, 0.3) is 0 Å². The number of carbonyl (C=O) groups is 1. The van der Waals surface area contributed by atoms with Crippen molar-refractivity contribution in [2.24, 2.45) is 0 Å². The number of esters is 1. The Kier molecular flexibility index (Phi) is 2.54. The third kappa shape index (κ3) is 1.88. The fraction of sp³-hybridized carbons (Fsp3) is 0.143. The van der Waals surface area contributed by atoms with E-state index in [9.17, 15) is 9.59 Å². The SMILES string of the molecule is CC(=O)Oc1ccoc(=O)c1S. The van der Waals surface area contributed by atoms with Crippen molar-refractivity contribution >= 4 is 18.6 Å². The number of hydrogen-bond acceptors (Lipinski definition) is 5. The first-order chi connectivity index (χ1) is 5.61. The molecule has 0 atom stereocenters. The van der Waals surface area contributed by atoms with Crippen molar-refractivity contribution in [1.82, 2.24) is 0 Å². The molecule has 4 nitrogen and oxygen atoms in total. The van der Waals surface area contributed by atoms with E-state index in [1.54, 1.807) is 0 Å². The molecule has 1 aromatic rings. The molecule has 0 fully saturated rings. The van der Waals surface area contributed by atoms with Crippen LogP contribution in [-0.4, -0.2) is 5.97 Å². The van der Waals surface area contributed by atoms with Gasteiger partial charge >= 0.3 is 11.6 Å². The lowest BCUT2D eigenvalue weighted by atomic mass is 10.5. The zero-order valence-corrected chi connectivity index (χ0v) is 7.13. The molecule has 64 valence electrons. The molecule has 0 bridgehead atoms. The smallest absolute Gasteiger partial charge is 0.353 e. The molecule has 0 spiro atoms. The first kappa shape index (κ1) is 8.86. The topological polar surface area (TPSA) is 56.5 Å². The number of hydrogen-bond donors (Lipinski definition) is 1. The Hall–Kier alpha value is -1.23. The Morgan fingerprint density at radius 1 is 1.67 bits per heavy atom. The fourth-order valence-corrected chi connectivity index (χ4v) is 0.803. The Balaban J connectivity index is 3.08. The summed E-state index contributed by atoms with van der Waals surface area (Å²) in [4.78, 5) is 21.3. The Labute approximate surface area is 73.6 Å². The molecule has 0 amide bonds. The van der Waals surface area contributed by atoms with Crippen molar-refractivity contribution in [2.75, 3.05) is 0 Å². The van der Waals surface area contributed by atoms with Crippen LogP contribution < -0.4 is 10.4 Å². The van der Waals surface area contributed by atoms with E-state index in [-0.39, 0.29) is 10.6 Å². The molecule has 0 saturated carbocycles. The van der Waals surface area contributed by atoms with Crippen molar-refractivity contribution in [1.29, 1.82) is 0 Å². The largest absolute Gasteiger partial charge is 0.430 e. The zero-order chi connectivity index (χ0) is 9.14. The molecule has 0 N–H and O–H groups in total. The third-order valence-corrected chi connectivity index (χ3v) is 1.48. The zero-order valence-electron chi connectivity index (χ0n) is 6.23. The van der Waals surface area contributed by atoms with Crippen molar-refractivity contribution < 1.29 is 13.9 Å². The molecule has 0 aromatic carbocycles. The molecule has 5 heteroatoms. The number of thiol groups is 1. The van der Waals surface area contributed by atoms with E-state index in [1.165, 1.54) is 13.0 Å². The molecule has 0 saturated heterocycles. The normalized spacial score (nSPS) is 9.50. The maximum atomic E-state index is 10.8. The van der Waals surface area contributed by atoms with Crippen LogP contribution in [0.3, 0.4) is 0 Å². The predicted octanol–water partition coefficient (Wildman–Crippen LogP) is 0.854. The quantitative estimate of drug-likeness (QED) is 0.522. The Morgan fingerprint density at radius 3 is 2.92 bits per heavy atom. The Bertz CT molecular complexity index is 355. The van der Waals surface area contributed by atoms with Gasteiger partial charge in [0.1, 0.15) is 4.90 Å². The Morgan fingerprint density at radius 2 is 2.33 bits per heavy atom. The summed E-state index contributed by atoms with van der Waals surface area (Å²) in [5.74, 6) is -0.391. The van der Waals surface area contributed by atoms with E-state index in [0.29, 0.717) is 0 Å². The molecular formula is C7H6O4S. The number of ether oxygens (including phenoxy) is 1. The van der Waals surface area contributed by atoms with E-state index < -0.39 is 11.6 Å². The highest BCUT2D eigenvalue weighted by Crippen LogP contribution is 2.17. The van der Waals surface area contributed by atoms with Gasteiger partial charge in [-0.25, -0.2) is 4.79 Å². The van der Waals surface area contributed by atoms with E-state index in [4.69, 9.17) is 0 Å². The third-order valence-electron chi connectivity index (χ3n) is 1.07. The van der Waals surface area contributed by atoms with E-state index in [0.717, 1.165) is 6.26 Å². The van der Waals surface area contributed by atoms with Gasteiger partial charge in [0, 0.05) is 13.0 Å². The van der Waals surface area contributed by atoms with Crippen molar-refractivity contribution in [3.63, 3.8) is 0 Å². The van der Waals surface area contributed by atoms with Gasteiger partial charge in [-0.05, 0) is 0 Å². The summed E-state index contributed by atoms with van der Waals surface area (Å²) in [5.41, 5.74) is -0.628. The maximum Gasteiger partial charge on any atom is 0.353 e. The van der Waals surface area contributed by atoms with Crippen LogP contribution in [0.2, 0.25) is 0 Å². The first-order valence-electron chi connectivity index (χ1n) is 3.10. The van der Waals surface area contributed by atoms with Crippen LogP contribution in [-0.2, 0) is 4.79 Å². The number of rotatable bonds is 1. The van der Waals surface area contributed by atoms with Crippen LogP contribution in [0, 0.1) is 0 Å².